The summed E-state index contributed by atoms with van der Waals surface area (Å²) in [5.74, 6) is 0.136. The predicted molar refractivity (Wildman–Crippen MR) is 113 cm³/mol. The van der Waals surface area contributed by atoms with Gasteiger partial charge in [0.15, 0.2) is 0 Å². The molecule has 1 amide bonds. The lowest BCUT2D eigenvalue weighted by Gasteiger charge is -2.11. The molecule has 0 unspecified atom stereocenters. The Labute approximate surface area is 172 Å². The molecule has 6 nitrogen and oxygen atoms in total. The molecule has 4 rings (SSSR count). The molecule has 1 N–H and O–H groups in total. The van der Waals surface area contributed by atoms with Gasteiger partial charge in [0.25, 0.3) is 5.56 Å². The molecule has 2 heterocycles. The van der Waals surface area contributed by atoms with Crippen LogP contribution in [0.25, 0.3) is 11.3 Å². The molecule has 0 bridgehead atoms. The van der Waals surface area contributed by atoms with Crippen molar-refractivity contribution >= 4 is 22.2 Å². The lowest BCUT2D eigenvalue weighted by molar-refractivity contribution is -0.116. The van der Waals surface area contributed by atoms with Gasteiger partial charge in [-0.05, 0) is 38.2 Å². The van der Waals surface area contributed by atoms with Gasteiger partial charge in [-0.1, -0.05) is 30.3 Å². The molecule has 0 aliphatic heterocycles. The van der Waals surface area contributed by atoms with Gasteiger partial charge in [-0.3, -0.25) is 14.2 Å². The molecule has 0 spiro atoms. The molecule has 3 aromatic rings. The zero-order chi connectivity index (χ0) is 20.4. The number of anilines is 1. The Morgan fingerprint density at radius 2 is 2.03 bits per heavy atom. The van der Waals surface area contributed by atoms with Crippen LogP contribution in [-0.4, -0.2) is 15.5 Å². The fraction of sp³-hybridized carbons (Fsp3) is 0.273. The molecular formula is C22H20N4O2S. The van der Waals surface area contributed by atoms with Crippen LogP contribution in [-0.2, 0) is 24.2 Å². The summed E-state index contributed by atoms with van der Waals surface area (Å²) in [6.07, 6.45) is 4.02. The molecule has 0 saturated heterocycles. The number of aryl methyl sites for hydroxylation is 2. The average Bonchev–Trinajstić information content (AvgIpc) is 3.08. The normalized spacial score (nSPS) is 12.8. The van der Waals surface area contributed by atoms with E-state index >= 15 is 0 Å². The second-order valence-corrected chi connectivity index (χ2v) is 8.16. The lowest BCUT2D eigenvalue weighted by Crippen LogP contribution is -2.29. The molecule has 1 aromatic carbocycles. The number of hydrogen-bond acceptors (Lipinski definition) is 5. The largest absolute Gasteiger partial charge is 0.315 e. The van der Waals surface area contributed by atoms with Crippen LogP contribution in [0.4, 0.5) is 5.00 Å². The molecule has 1 aliphatic rings. The molecule has 0 radical (unpaired) electrons. The van der Waals surface area contributed by atoms with Gasteiger partial charge < -0.3 is 5.32 Å². The maximum atomic E-state index is 12.6. The van der Waals surface area contributed by atoms with Gasteiger partial charge in [-0.2, -0.15) is 5.26 Å². The Kier molecular flexibility index (Phi) is 5.28. The average molecular weight is 404 g/mol. The van der Waals surface area contributed by atoms with Gasteiger partial charge in [0.05, 0.1) is 11.3 Å². The number of nitrogens with zero attached hydrogens (tertiary/aromatic N) is 3. The number of carbonyl (C=O) groups excluding carboxylic acids is 1. The number of nitriles is 1. The molecule has 0 saturated carbocycles. The second kappa shape index (κ2) is 8.02. The Morgan fingerprint density at radius 3 is 2.76 bits per heavy atom. The summed E-state index contributed by atoms with van der Waals surface area (Å²) in [4.78, 5) is 30.9. The SMILES string of the molecule is Cc1nc(-c2ccccc2)cc(=O)n1CC(=O)Nc1sc2c(c1C#N)CCCC2. The molecule has 1 aliphatic carbocycles. The van der Waals surface area contributed by atoms with E-state index in [-0.39, 0.29) is 18.0 Å². The van der Waals surface area contributed by atoms with E-state index in [0.29, 0.717) is 22.1 Å². The highest BCUT2D eigenvalue weighted by atomic mass is 32.1. The Balaban J connectivity index is 1.56. The minimum Gasteiger partial charge on any atom is -0.315 e. The summed E-state index contributed by atoms with van der Waals surface area (Å²) in [6.45, 7) is 1.58. The van der Waals surface area contributed by atoms with E-state index in [9.17, 15) is 14.9 Å². The van der Waals surface area contributed by atoms with Crippen molar-refractivity contribution in [2.24, 2.45) is 0 Å². The number of thiophene rings is 1. The lowest BCUT2D eigenvalue weighted by atomic mass is 9.96. The number of fused-ring (bicyclic) bond motifs is 1. The van der Waals surface area contributed by atoms with E-state index in [0.717, 1.165) is 36.8 Å². The monoisotopic (exact) mass is 404 g/mol. The standard InChI is InChI=1S/C22H20N4O2S/c1-14-24-18(15-7-3-2-4-8-15)11-21(28)26(14)13-20(27)25-22-17(12-23)16-9-5-6-10-19(16)29-22/h2-4,7-8,11H,5-6,9-10,13H2,1H3,(H,25,27). The van der Waals surface area contributed by atoms with E-state index in [4.69, 9.17) is 0 Å². The third-order valence-electron chi connectivity index (χ3n) is 5.11. The van der Waals surface area contributed by atoms with Crippen molar-refractivity contribution in [2.45, 2.75) is 39.2 Å². The first kappa shape index (κ1) is 19.1. The maximum Gasteiger partial charge on any atom is 0.254 e. The number of rotatable bonds is 4. The fourth-order valence-electron chi connectivity index (χ4n) is 3.65. The van der Waals surface area contributed by atoms with Gasteiger partial charge in [0.1, 0.15) is 23.4 Å². The Morgan fingerprint density at radius 1 is 1.28 bits per heavy atom. The van der Waals surface area contributed by atoms with Gasteiger partial charge in [0, 0.05) is 16.5 Å². The van der Waals surface area contributed by atoms with Crippen molar-refractivity contribution in [1.29, 1.82) is 5.26 Å². The summed E-state index contributed by atoms with van der Waals surface area (Å²) in [6, 6.07) is 13.1. The second-order valence-electron chi connectivity index (χ2n) is 7.05. The maximum absolute atomic E-state index is 12.6. The van der Waals surface area contributed by atoms with E-state index in [1.54, 1.807) is 6.92 Å². The number of nitrogens with one attached hydrogen (secondary N) is 1. The summed E-state index contributed by atoms with van der Waals surface area (Å²) in [5, 5.41) is 13.0. The Bertz CT molecular complexity index is 1170. The van der Waals surface area contributed by atoms with Crippen LogP contribution in [0.15, 0.2) is 41.2 Å². The minimum atomic E-state index is -0.334. The van der Waals surface area contributed by atoms with Gasteiger partial charge >= 0.3 is 0 Å². The highest BCUT2D eigenvalue weighted by molar-refractivity contribution is 7.16. The van der Waals surface area contributed by atoms with Gasteiger partial charge in [-0.15, -0.1) is 11.3 Å². The smallest absolute Gasteiger partial charge is 0.254 e. The van der Waals surface area contributed by atoms with E-state index in [2.05, 4.69) is 16.4 Å². The van der Waals surface area contributed by atoms with Crippen molar-refractivity contribution in [3.63, 3.8) is 0 Å². The van der Waals surface area contributed by atoms with Crippen LogP contribution in [0, 0.1) is 18.3 Å². The Hall–Kier alpha value is -3.24. The van der Waals surface area contributed by atoms with Crippen molar-refractivity contribution in [1.82, 2.24) is 9.55 Å². The van der Waals surface area contributed by atoms with Crippen molar-refractivity contribution < 1.29 is 4.79 Å². The van der Waals surface area contributed by atoms with Crippen LogP contribution in [0.5, 0.6) is 0 Å². The van der Waals surface area contributed by atoms with Crippen LogP contribution in [0.2, 0.25) is 0 Å². The number of amides is 1. The van der Waals surface area contributed by atoms with E-state index < -0.39 is 0 Å². The summed E-state index contributed by atoms with van der Waals surface area (Å²) >= 11 is 1.48. The zero-order valence-electron chi connectivity index (χ0n) is 16.1. The van der Waals surface area contributed by atoms with Crippen molar-refractivity contribution in [3.05, 3.63) is 68.6 Å². The van der Waals surface area contributed by atoms with Crippen molar-refractivity contribution in [3.8, 4) is 17.3 Å². The third-order valence-corrected chi connectivity index (χ3v) is 6.31. The van der Waals surface area contributed by atoms with E-state index in [1.807, 2.05) is 30.3 Å². The molecule has 2 aromatic heterocycles. The predicted octanol–water partition coefficient (Wildman–Crippen LogP) is 3.67. The summed E-state index contributed by atoms with van der Waals surface area (Å²) in [7, 11) is 0. The first-order valence-corrected chi connectivity index (χ1v) is 10.4. The van der Waals surface area contributed by atoms with Crippen LogP contribution in [0.3, 0.4) is 0 Å². The number of aromatic nitrogens is 2. The molecule has 146 valence electrons. The van der Waals surface area contributed by atoms with Crippen molar-refractivity contribution in [2.75, 3.05) is 5.32 Å². The number of carbonyl (C=O) groups is 1. The fourth-order valence-corrected chi connectivity index (χ4v) is 4.91. The first-order valence-electron chi connectivity index (χ1n) is 9.55. The summed E-state index contributed by atoms with van der Waals surface area (Å²) in [5.41, 5.74) is 2.80. The van der Waals surface area contributed by atoms with Gasteiger partial charge in [0.2, 0.25) is 5.91 Å². The quantitative estimate of drug-likeness (QED) is 0.719. The molecule has 0 fully saturated rings. The topological polar surface area (TPSA) is 87.8 Å². The highest BCUT2D eigenvalue weighted by Crippen LogP contribution is 2.37. The molecule has 29 heavy (non-hydrogen) atoms. The highest BCUT2D eigenvalue weighted by Gasteiger charge is 2.22. The first-order chi connectivity index (χ1) is 14.1. The van der Waals surface area contributed by atoms with Gasteiger partial charge in [-0.25, -0.2) is 4.98 Å². The number of hydrogen-bond donors (Lipinski definition) is 1. The summed E-state index contributed by atoms with van der Waals surface area (Å²) < 4.78 is 1.35. The zero-order valence-corrected chi connectivity index (χ0v) is 16.9. The third kappa shape index (κ3) is 3.84. The van der Waals surface area contributed by atoms with Crippen LogP contribution < -0.4 is 10.9 Å². The van der Waals surface area contributed by atoms with Crippen LogP contribution in [0.1, 0.15) is 34.7 Å². The minimum absolute atomic E-state index is 0.139. The molecular weight excluding hydrogens is 384 g/mol. The molecule has 0 atom stereocenters. The van der Waals surface area contributed by atoms with E-state index in [1.165, 1.54) is 26.8 Å². The molecule has 7 heteroatoms. The van der Waals surface area contributed by atoms with Crippen LogP contribution >= 0.6 is 11.3 Å². The number of benzene rings is 1.